The second-order valence-electron chi connectivity index (χ2n) is 11.3. The minimum absolute atomic E-state index is 0.0929. The largest absolute Gasteiger partial charge is 0.310 e. The predicted octanol–water partition coefficient (Wildman–Crippen LogP) is 8.23. The number of hydrogen-bond acceptors (Lipinski definition) is 2. The summed E-state index contributed by atoms with van der Waals surface area (Å²) in [7, 11) is -0.211. The number of hydrogen-bond donors (Lipinski definition) is 2. The molecule has 0 aliphatic carbocycles. The number of benzene rings is 1. The van der Waals surface area contributed by atoms with E-state index in [-0.39, 0.29) is 15.8 Å². The first kappa shape index (κ1) is 26.6. The maximum absolute atomic E-state index is 3.96. The maximum Gasteiger partial charge on any atom is 0.0286 e. The third kappa shape index (κ3) is 6.78. The Morgan fingerprint density at radius 2 is 1.22 bits per heavy atom. The third-order valence-electron chi connectivity index (χ3n) is 8.36. The topological polar surface area (TPSA) is 24.1 Å². The molecule has 2 aliphatic heterocycles. The summed E-state index contributed by atoms with van der Waals surface area (Å²) in [6.07, 6.45) is 13.4. The van der Waals surface area contributed by atoms with Crippen molar-refractivity contribution in [3.05, 3.63) is 35.4 Å². The zero-order valence-corrected chi connectivity index (χ0v) is 23.6. The quantitative estimate of drug-likeness (QED) is 0.332. The molecule has 0 amide bonds. The lowest BCUT2D eigenvalue weighted by atomic mass is 10.1. The summed E-state index contributed by atoms with van der Waals surface area (Å²) in [5.41, 5.74) is 3.31. The van der Waals surface area contributed by atoms with Gasteiger partial charge in [-0.05, 0) is 85.4 Å². The van der Waals surface area contributed by atoms with Crippen LogP contribution in [0.2, 0.25) is 0 Å². The number of rotatable bonds is 10. The molecule has 2 unspecified atom stereocenters. The molecule has 0 bridgehead atoms. The van der Waals surface area contributed by atoms with Gasteiger partial charge in [0.05, 0.1) is 0 Å². The number of nitrogens with one attached hydrogen (secondary N) is 2. The van der Waals surface area contributed by atoms with Gasteiger partial charge in [-0.1, -0.05) is 94.5 Å². The van der Waals surface area contributed by atoms with Crippen molar-refractivity contribution in [2.75, 3.05) is 13.1 Å². The van der Waals surface area contributed by atoms with Crippen LogP contribution in [-0.2, 0) is 12.3 Å². The summed E-state index contributed by atoms with van der Waals surface area (Å²) < 4.78 is 0. The zero-order chi connectivity index (χ0) is 23.2. The van der Waals surface area contributed by atoms with Crippen LogP contribution < -0.4 is 10.6 Å². The highest BCUT2D eigenvalue weighted by atomic mass is 31.1. The van der Waals surface area contributed by atoms with E-state index in [1.807, 2.05) is 0 Å². The maximum atomic E-state index is 3.96. The summed E-state index contributed by atoms with van der Waals surface area (Å²) in [5, 5.41) is 8.75. The van der Waals surface area contributed by atoms with E-state index in [0.717, 1.165) is 11.6 Å². The average molecular weight is 477 g/mol. The van der Waals surface area contributed by atoms with E-state index in [0.29, 0.717) is 10.3 Å². The molecule has 3 rings (SSSR count). The Bertz CT molecular complexity index is 656. The van der Waals surface area contributed by atoms with Gasteiger partial charge < -0.3 is 10.6 Å². The zero-order valence-electron chi connectivity index (χ0n) is 21.8. The summed E-state index contributed by atoms with van der Waals surface area (Å²) in [6, 6.07) is 9.54. The first-order valence-corrected chi connectivity index (χ1v) is 16.5. The molecule has 182 valence electrons. The molecule has 4 heteroatoms. The molecule has 2 N–H and O–H groups in total. The van der Waals surface area contributed by atoms with Crippen molar-refractivity contribution in [2.24, 2.45) is 0 Å². The van der Waals surface area contributed by atoms with Gasteiger partial charge >= 0.3 is 0 Å². The Kier molecular flexibility index (Phi) is 10.1. The van der Waals surface area contributed by atoms with Crippen LogP contribution >= 0.6 is 15.8 Å². The molecule has 2 fully saturated rings. The molecule has 0 saturated carbocycles. The van der Waals surface area contributed by atoms with Crippen LogP contribution in [0.3, 0.4) is 0 Å². The lowest BCUT2D eigenvalue weighted by Gasteiger charge is -2.45. The molecule has 1 aromatic rings. The van der Waals surface area contributed by atoms with Crippen molar-refractivity contribution in [2.45, 2.75) is 127 Å². The Labute approximate surface area is 202 Å². The molecule has 2 heterocycles. The lowest BCUT2D eigenvalue weighted by Crippen LogP contribution is -2.41. The summed E-state index contributed by atoms with van der Waals surface area (Å²) in [4.78, 5) is 0. The van der Waals surface area contributed by atoms with Crippen LogP contribution in [0.25, 0.3) is 0 Å². The van der Waals surface area contributed by atoms with E-state index in [4.69, 9.17) is 0 Å². The van der Waals surface area contributed by atoms with Gasteiger partial charge in [-0.2, -0.15) is 0 Å². The van der Waals surface area contributed by atoms with Crippen LogP contribution in [0.5, 0.6) is 0 Å². The summed E-state index contributed by atoms with van der Waals surface area (Å²) >= 11 is 0. The summed E-state index contributed by atoms with van der Waals surface area (Å²) in [5.74, 6) is 1.48. The predicted molar refractivity (Wildman–Crippen MR) is 148 cm³/mol. The van der Waals surface area contributed by atoms with E-state index in [9.17, 15) is 0 Å². The second-order valence-corrected chi connectivity index (χ2v) is 17.5. The second kappa shape index (κ2) is 12.1. The van der Waals surface area contributed by atoms with Gasteiger partial charge in [0.15, 0.2) is 0 Å². The monoisotopic (exact) mass is 476 g/mol. The van der Waals surface area contributed by atoms with Crippen LogP contribution in [0.15, 0.2) is 24.3 Å². The molecule has 2 aliphatic rings. The highest BCUT2D eigenvalue weighted by Crippen LogP contribution is 2.64. The standard InChI is InChI=1S/C28H50N2P2/c1-7-27(3,4)32(28(5,6)8-2)22-24-16-10-9-15-23(24)21-31(25-17-11-13-19-29-25)26-18-12-14-20-30-26/h9-10,15-16,25-26,29-30H,7-8,11-14,17-22H2,1-6H3. The van der Waals surface area contributed by atoms with Gasteiger partial charge in [-0.15, -0.1) is 0 Å². The van der Waals surface area contributed by atoms with Crippen molar-refractivity contribution < 1.29 is 0 Å². The van der Waals surface area contributed by atoms with E-state index < -0.39 is 0 Å². The van der Waals surface area contributed by atoms with Gasteiger partial charge in [0.1, 0.15) is 0 Å². The molecular weight excluding hydrogens is 426 g/mol. The van der Waals surface area contributed by atoms with Gasteiger partial charge in [-0.3, -0.25) is 0 Å². The van der Waals surface area contributed by atoms with Crippen LogP contribution in [0.4, 0.5) is 0 Å². The molecular formula is C28H50N2P2. The smallest absolute Gasteiger partial charge is 0.0286 e. The van der Waals surface area contributed by atoms with Crippen LogP contribution in [0.1, 0.15) is 104 Å². The van der Waals surface area contributed by atoms with E-state index in [1.165, 1.54) is 76.8 Å². The van der Waals surface area contributed by atoms with Gasteiger partial charge in [0.2, 0.25) is 0 Å². The molecule has 32 heavy (non-hydrogen) atoms. The van der Waals surface area contributed by atoms with Gasteiger partial charge in [-0.25, -0.2) is 0 Å². The highest BCUT2D eigenvalue weighted by Gasteiger charge is 2.38. The minimum atomic E-state index is -0.118. The Balaban J connectivity index is 1.87. The summed E-state index contributed by atoms with van der Waals surface area (Å²) in [6.45, 7) is 17.4. The van der Waals surface area contributed by atoms with Gasteiger partial charge in [0, 0.05) is 11.6 Å². The molecule has 1 aromatic carbocycles. The normalized spacial score (nSPS) is 24.0. The molecule has 2 atom stereocenters. The van der Waals surface area contributed by atoms with E-state index in [1.54, 1.807) is 11.1 Å². The fraction of sp³-hybridized carbons (Fsp3) is 0.786. The van der Waals surface area contributed by atoms with Gasteiger partial charge in [0.25, 0.3) is 0 Å². The van der Waals surface area contributed by atoms with Crippen molar-refractivity contribution >= 4 is 15.8 Å². The van der Waals surface area contributed by atoms with E-state index >= 15 is 0 Å². The minimum Gasteiger partial charge on any atom is -0.310 e. The molecule has 0 aromatic heterocycles. The third-order valence-corrected chi connectivity index (χ3v) is 15.8. The van der Waals surface area contributed by atoms with Crippen LogP contribution in [0, 0.1) is 0 Å². The Morgan fingerprint density at radius 1 is 0.750 bits per heavy atom. The first-order chi connectivity index (χ1) is 15.3. The van der Waals surface area contributed by atoms with Crippen molar-refractivity contribution in [3.8, 4) is 0 Å². The first-order valence-electron chi connectivity index (χ1n) is 13.4. The fourth-order valence-electron chi connectivity index (χ4n) is 5.53. The molecule has 2 saturated heterocycles. The van der Waals surface area contributed by atoms with E-state index in [2.05, 4.69) is 76.4 Å². The molecule has 0 spiro atoms. The molecule has 2 nitrogen and oxygen atoms in total. The SMILES string of the molecule is CCC(C)(C)P(Cc1ccccc1CP(C1CCCCN1)C1CCCCN1)C(C)(C)CC. The molecule has 0 radical (unpaired) electrons. The Hall–Kier alpha value is -0.0000000000000000416. The lowest BCUT2D eigenvalue weighted by molar-refractivity contribution is 0.456. The van der Waals surface area contributed by atoms with Crippen molar-refractivity contribution in [3.63, 3.8) is 0 Å². The average Bonchev–Trinajstić information content (AvgIpc) is 2.82. The highest BCUT2D eigenvalue weighted by molar-refractivity contribution is 7.60. The van der Waals surface area contributed by atoms with Crippen molar-refractivity contribution in [1.82, 2.24) is 10.6 Å². The van der Waals surface area contributed by atoms with Crippen LogP contribution in [-0.4, -0.2) is 35.0 Å². The Morgan fingerprint density at radius 3 is 1.62 bits per heavy atom. The number of piperidine rings is 2. The fourth-order valence-corrected chi connectivity index (χ4v) is 12.8. The van der Waals surface area contributed by atoms with Crippen molar-refractivity contribution in [1.29, 1.82) is 0 Å².